The third-order valence-electron chi connectivity index (χ3n) is 4.92. The van der Waals surface area contributed by atoms with Crippen LogP contribution in [0.1, 0.15) is 28.9 Å². The number of aromatic nitrogens is 3. The first-order valence-corrected chi connectivity index (χ1v) is 8.42. The summed E-state index contributed by atoms with van der Waals surface area (Å²) in [6.45, 7) is 2.78. The van der Waals surface area contributed by atoms with Crippen LogP contribution in [0.2, 0.25) is 0 Å². The molecule has 1 aliphatic heterocycles. The highest BCUT2D eigenvalue weighted by atomic mass is 16.5. The fourth-order valence-corrected chi connectivity index (χ4v) is 3.69. The number of ether oxygens (including phenoxy) is 1. The van der Waals surface area contributed by atoms with Gasteiger partial charge in [0.25, 0.3) is 5.91 Å². The number of carbonyl (C=O) groups is 1. The molecule has 1 unspecified atom stereocenters. The Balaban J connectivity index is 1.37. The normalized spacial score (nSPS) is 26.3. The van der Waals surface area contributed by atoms with Crippen molar-refractivity contribution < 1.29 is 14.6 Å². The number of aliphatic hydroxyl groups excluding tert-OH is 1. The second-order valence-electron chi connectivity index (χ2n) is 6.68. The average Bonchev–Trinajstić information content (AvgIpc) is 3.28. The summed E-state index contributed by atoms with van der Waals surface area (Å²) in [7, 11) is 0. The molecule has 24 heavy (non-hydrogen) atoms. The molecule has 1 amide bonds. The van der Waals surface area contributed by atoms with Crippen LogP contribution in [-0.2, 0) is 24.4 Å². The molecule has 0 bridgehead atoms. The molecule has 0 saturated heterocycles. The summed E-state index contributed by atoms with van der Waals surface area (Å²) in [5.41, 5.74) is 1.66. The van der Waals surface area contributed by atoms with E-state index in [4.69, 9.17) is 4.74 Å². The quantitative estimate of drug-likeness (QED) is 0.868. The molecule has 128 valence electrons. The van der Waals surface area contributed by atoms with E-state index in [1.54, 1.807) is 6.20 Å². The first-order chi connectivity index (χ1) is 11.7. The molecule has 0 spiro atoms. The number of rotatable bonds is 4. The van der Waals surface area contributed by atoms with Crippen molar-refractivity contribution in [3.8, 4) is 0 Å². The van der Waals surface area contributed by atoms with Crippen molar-refractivity contribution in [2.75, 3.05) is 6.61 Å². The number of fused-ring (bicyclic) bond motifs is 1. The highest BCUT2D eigenvalue weighted by Crippen LogP contribution is 2.28. The topological polar surface area (TPSA) is 81.3 Å². The molecule has 0 radical (unpaired) electrons. The van der Waals surface area contributed by atoms with Crippen molar-refractivity contribution in [2.45, 2.75) is 44.7 Å². The highest BCUT2D eigenvalue weighted by Gasteiger charge is 2.34. The molecule has 4 rings (SSSR count). The Hall–Kier alpha value is -2.12. The molecule has 2 aromatic rings. The number of hydrogen-bond acceptors (Lipinski definition) is 4. The Kier molecular flexibility index (Phi) is 4.12. The Labute approximate surface area is 140 Å². The van der Waals surface area contributed by atoms with Gasteiger partial charge in [0.15, 0.2) is 0 Å². The van der Waals surface area contributed by atoms with Gasteiger partial charge in [-0.25, -0.2) is 0 Å². The Bertz CT molecular complexity index is 686. The predicted molar refractivity (Wildman–Crippen MR) is 86.3 cm³/mol. The van der Waals surface area contributed by atoms with Gasteiger partial charge in [-0.15, -0.1) is 0 Å². The van der Waals surface area contributed by atoms with Crippen LogP contribution in [0.5, 0.6) is 0 Å². The van der Waals surface area contributed by atoms with E-state index >= 15 is 0 Å². The first-order valence-electron chi connectivity index (χ1n) is 8.42. The van der Waals surface area contributed by atoms with Gasteiger partial charge >= 0.3 is 0 Å². The lowest BCUT2D eigenvalue weighted by atomic mass is 10.1. The molecule has 1 aliphatic carbocycles. The lowest BCUT2D eigenvalue weighted by molar-refractivity contribution is 0.0849. The van der Waals surface area contributed by atoms with Crippen LogP contribution in [0.4, 0.5) is 0 Å². The van der Waals surface area contributed by atoms with Crippen LogP contribution in [-0.4, -0.2) is 44.1 Å². The van der Waals surface area contributed by atoms with E-state index in [-0.39, 0.29) is 11.9 Å². The zero-order chi connectivity index (χ0) is 16.5. The van der Waals surface area contributed by atoms with Crippen molar-refractivity contribution in [1.29, 1.82) is 0 Å². The first kappa shape index (κ1) is 15.4. The molecule has 1 saturated carbocycles. The third-order valence-corrected chi connectivity index (χ3v) is 4.92. The summed E-state index contributed by atoms with van der Waals surface area (Å²) in [6.07, 6.45) is 6.49. The van der Waals surface area contributed by atoms with Gasteiger partial charge < -0.3 is 19.7 Å². The third kappa shape index (κ3) is 3.09. The fourth-order valence-electron chi connectivity index (χ4n) is 3.69. The Morgan fingerprint density at radius 3 is 3.17 bits per heavy atom. The van der Waals surface area contributed by atoms with Gasteiger partial charge in [-0.05, 0) is 30.9 Å². The smallest absolute Gasteiger partial charge is 0.253 e. The van der Waals surface area contributed by atoms with E-state index in [1.165, 1.54) is 0 Å². The largest absolute Gasteiger partial charge is 0.391 e. The Morgan fingerprint density at radius 2 is 2.38 bits per heavy atom. The molecular weight excluding hydrogens is 308 g/mol. The van der Waals surface area contributed by atoms with Crippen LogP contribution < -0.4 is 5.32 Å². The SMILES string of the molecule is O=C(N[C@@H]1CC(Cn2cccn2)C[C@H]1O)c1cc2n(c1)CCOC2. The number of nitrogens with one attached hydrogen (secondary N) is 1. The van der Waals surface area contributed by atoms with Crippen LogP contribution in [0.15, 0.2) is 30.7 Å². The summed E-state index contributed by atoms with van der Waals surface area (Å²) in [5.74, 6) is 0.196. The predicted octanol–water partition coefficient (Wildman–Crippen LogP) is 0.784. The van der Waals surface area contributed by atoms with Crippen molar-refractivity contribution in [2.24, 2.45) is 5.92 Å². The maximum absolute atomic E-state index is 12.5. The van der Waals surface area contributed by atoms with E-state index in [0.29, 0.717) is 31.1 Å². The minimum atomic E-state index is -0.505. The van der Waals surface area contributed by atoms with Crippen LogP contribution >= 0.6 is 0 Å². The van der Waals surface area contributed by atoms with Gasteiger partial charge in [0.1, 0.15) is 0 Å². The second kappa shape index (κ2) is 6.41. The number of nitrogens with zero attached hydrogens (tertiary/aromatic N) is 3. The van der Waals surface area contributed by atoms with Crippen molar-refractivity contribution >= 4 is 5.91 Å². The zero-order valence-corrected chi connectivity index (χ0v) is 13.5. The van der Waals surface area contributed by atoms with E-state index in [2.05, 4.69) is 15.0 Å². The lowest BCUT2D eigenvalue weighted by Gasteiger charge is -2.16. The van der Waals surface area contributed by atoms with Gasteiger partial charge in [0.2, 0.25) is 0 Å². The number of aliphatic hydroxyl groups is 1. The molecule has 2 aliphatic rings. The Morgan fingerprint density at radius 1 is 1.46 bits per heavy atom. The van der Waals surface area contributed by atoms with Crippen molar-refractivity contribution in [1.82, 2.24) is 19.7 Å². The molecule has 7 nitrogen and oxygen atoms in total. The molecule has 7 heteroatoms. The average molecular weight is 330 g/mol. The van der Waals surface area contributed by atoms with Gasteiger partial charge in [-0.3, -0.25) is 9.48 Å². The fraction of sp³-hybridized carbons (Fsp3) is 0.529. The van der Waals surface area contributed by atoms with Gasteiger partial charge in [-0.2, -0.15) is 5.10 Å². The maximum atomic E-state index is 12.5. The monoisotopic (exact) mass is 330 g/mol. The minimum absolute atomic E-state index is 0.124. The molecule has 1 fully saturated rings. The summed E-state index contributed by atoms with van der Waals surface area (Å²) in [5, 5.41) is 17.5. The maximum Gasteiger partial charge on any atom is 0.253 e. The van der Waals surface area contributed by atoms with Gasteiger partial charge in [-0.1, -0.05) is 0 Å². The standard InChI is InChI=1S/C17H22N4O3/c22-16-7-12(9-21-3-1-2-18-21)6-15(16)19-17(23)13-8-14-11-24-5-4-20(14)10-13/h1-3,8,10,12,15-16,22H,4-7,9,11H2,(H,19,23)/t12?,15-,16-/m1/s1. The van der Waals surface area contributed by atoms with Crippen LogP contribution in [0.3, 0.4) is 0 Å². The lowest BCUT2D eigenvalue weighted by Crippen LogP contribution is -2.39. The van der Waals surface area contributed by atoms with Crippen molar-refractivity contribution in [3.63, 3.8) is 0 Å². The van der Waals surface area contributed by atoms with Gasteiger partial charge in [0.05, 0.1) is 30.9 Å². The summed E-state index contributed by atoms with van der Waals surface area (Å²) in [6, 6.07) is 3.56. The van der Waals surface area contributed by atoms with E-state index in [9.17, 15) is 9.90 Å². The van der Waals surface area contributed by atoms with E-state index in [0.717, 1.165) is 25.2 Å². The number of carbonyl (C=O) groups excluding carboxylic acids is 1. The molecule has 2 aromatic heterocycles. The van der Waals surface area contributed by atoms with E-state index in [1.807, 2.05) is 29.2 Å². The van der Waals surface area contributed by atoms with Crippen molar-refractivity contribution in [3.05, 3.63) is 42.0 Å². The highest BCUT2D eigenvalue weighted by molar-refractivity contribution is 5.94. The minimum Gasteiger partial charge on any atom is -0.391 e. The van der Waals surface area contributed by atoms with Gasteiger partial charge in [0, 0.05) is 37.4 Å². The zero-order valence-electron chi connectivity index (χ0n) is 13.5. The second-order valence-corrected chi connectivity index (χ2v) is 6.68. The molecule has 3 atom stereocenters. The molecule has 3 heterocycles. The van der Waals surface area contributed by atoms with E-state index < -0.39 is 6.10 Å². The molecule has 2 N–H and O–H groups in total. The number of amides is 1. The van der Waals surface area contributed by atoms with Crippen LogP contribution in [0, 0.1) is 5.92 Å². The molecular formula is C17H22N4O3. The summed E-state index contributed by atoms with van der Waals surface area (Å²) >= 11 is 0. The van der Waals surface area contributed by atoms with Crippen LogP contribution in [0.25, 0.3) is 0 Å². The summed E-state index contributed by atoms with van der Waals surface area (Å²) < 4.78 is 9.34. The number of hydrogen-bond donors (Lipinski definition) is 2. The summed E-state index contributed by atoms with van der Waals surface area (Å²) in [4.78, 5) is 12.5. The molecule has 0 aromatic carbocycles.